The highest BCUT2D eigenvalue weighted by Gasteiger charge is 2.63. The fourth-order valence-corrected chi connectivity index (χ4v) is 6.85. The summed E-state index contributed by atoms with van der Waals surface area (Å²) in [6, 6.07) is 0. The van der Waals surface area contributed by atoms with E-state index in [1.165, 1.54) is 0 Å². The molecule has 4 aliphatic carbocycles. The highest BCUT2D eigenvalue weighted by molar-refractivity contribution is 5.91. The molecule has 23 heavy (non-hydrogen) atoms. The number of hydrogen-bond acceptors (Lipinski definition) is 3. The standard InChI is InChI=1S/C20H30O3/c1-18-7-4-12(21)10-16(18)17(22)11-13-14(18)5-8-19(2)15(13)6-9-20(19,3)23/h10,13-15,17,22-23H,4-9,11H2,1-3H3/t13-,14+,15+,17+,18-,19+,20+/m1/s1. The lowest BCUT2D eigenvalue weighted by molar-refractivity contribution is -0.132. The molecule has 3 heteroatoms. The second-order valence-electron chi connectivity index (χ2n) is 9.38. The molecule has 3 fully saturated rings. The molecule has 0 amide bonds. The van der Waals surface area contributed by atoms with E-state index < -0.39 is 11.7 Å². The molecule has 4 rings (SSSR count). The zero-order valence-corrected chi connectivity index (χ0v) is 14.6. The van der Waals surface area contributed by atoms with Crippen LogP contribution in [0.2, 0.25) is 0 Å². The minimum Gasteiger partial charge on any atom is -0.390 e. The molecule has 0 saturated heterocycles. The van der Waals surface area contributed by atoms with Gasteiger partial charge in [0.1, 0.15) is 0 Å². The van der Waals surface area contributed by atoms with Gasteiger partial charge in [0.05, 0.1) is 11.7 Å². The van der Waals surface area contributed by atoms with E-state index in [1.807, 2.05) is 6.92 Å². The summed E-state index contributed by atoms with van der Waals surface area (Å²) in [5.74, 6) is 1.71. The Hall–Kier alpha value is -0.670. The predicted molar refractivity (Wildman–Crippen MR) is 88.7 cm³/mol. The van der Waals surface area contributed by atoms with E-state index in [4.69, 9.17) is 0 Å². The first-order valence-corrected chi connectivity index (χ1v) is 9.34. The van der Waals surface area contributed by atoms with Gasteiger partial charge in [0.15, 0.2) is 5.78 Å². The van der Waals surface area contributed by atoms with Gasteiger partial charge in [-0.2, -0.15) is 0 Å². The maximum absolute atomic E-state index is 11.9. The lowest BCUT2D eigenvalue weighted by atomic mass is 9.46. The van der Waals surface area contributed by atoms with Crippen LogP contribution in [0, 0.1) is 28.6 Å². The van der Waals surface area contributed by atoms with Gasteiger partial charge in [-0.1, -0.05) is 13.8 Å². The third-order valence-corrected chi connectivity index (χ3v) is 8.54. The molecule has 0 unspecified atom stereocenters. The van der Waals surface area contributed by atoms with Gasteiger partial charge in [-0.25, -0.2) is 0 Å². The van der Waals surface area contributed by atoms with Crippen molar-refractivity contribution in [2.75, 3.05) is 0 Å². The van der Waals surface area contributed by atoms with Crippen molar-refractivity contribution in [3.63, 3.8) is 0 Å². The number of fused-ring (bicyclic) bond motifs is 5. The van der Waals surface area contributed by atoms with Crippen LogP contribution in [0.4, 0.5) is 0 Å². The second kappa shape index (κ2) is 4.70. The Morgan fingerprint density at radius 2 is 1.78 bits per heavy atom. The van der Waals surface area contributed by atoms with Crippen molar-refractivity contribution in [1.29, 1.82) is 0 Å². The molecule has 0 bridgehead atoms. The molecule has 0 aromatic heterocycles. The molecule has 0 radical (unpaired) electrons. The normalized spacial score (nSPS) is 55.7. The van der Waals surface area contributed by atoms with E-state index >= 15 is 0 Å². The van der Waals surface area contributed by atoms with Crippen LogP contribution >= 0.6 is 0 Å². The van der Waals surface area contributed by atoms with Crippen molar-refractivity contribution in [3.05, 3.63) is 11.6 Å². The van der Waals surface area contributed by atoms with Crippen LogP contribution in [0.1, 0.15) is 65.7 Å². The van der Waals surface area contributed by atoms with Crippen LogP contribution < -0.4 is 0 Å². The molecule has 3 saturated carbocycles. The monoisotopic (exact) mass is 318 g/mol. The smallest absolute Gasteiger partial charge is 0.155 e. The molecule has 0 spiro atoms. The second-order valence-corrected chi connectivity index (χ2v) is 9.38. The third kappa shape index (κ3) is 1.93. The number of ketones is 1. The van der Waals surface area contributed by atoms with Gasteiger partial charge in [-0.05, 0) is 85.7 Å². The fourth-order valence-electron chi connectivity index (χ4n) is 6.85. The Kier molecular flexibility index (Phi) is 3.23. The average Bonchev–Trinajstić information content (AvgIpc) is 2.72. The number of aliphatic hydroxyl groups excluding tert-OH is 1. The van der Waals surface area contributed by atoms with Crippen molar-refractivity contribution in [3.8, 4) is 0 Å². The highest BCUT2D eigenvalue weighted by Crippen LogP contribution is 2.67. The quantitative estimate of drug-likeness (QED) is 0.721. The number of aliphatic hydroxyl groups is 2. The molecule has 3 nitrogen and oxygen atoms in total. The van der Waals surface area contributed by atoms with Crippen LogP contribution in [0.3, 0.4) is 0 Å². The molecule has 128 valence electrons. The zero-order valence-electron chi connectivity index (χ0n) is 14.6. The van der Waals surface area contributed by atoms with E-state index in [2.05, 4.69) is 13.8 Å². The molecule has 4 aliphatic rings. The summed E-state index contributed by atoms with van der Waals surface area (Å²) in [5, 5.41) is 21.7. The van der Waals surface area contributed by atoms with E-state index in [0.29, 0.717) is 24.2 Å². The third-order valence-electron chi connectivity index (χ3n) is 8.54. The lowest BCUT2D eigenvalue weighted by Gasteiger charge is -2.59. The van der Waals surface area contributed by atoms with Gasteiger partial charge in [0.2, 0.25) is 0 Å². The predicted octanol–water partition coefficient (Wildman–Crippen LogP) is 3.24. The Labute approximate surface area is 139 Å². The largest absolute Gasteiger partial charge is 0.390 e. The summed E-state index contributed by atoms with van der Waals surface area (Å²) in [6.07, 6.45) is 7.70. The van der Waals surface area contributed by atoms with E-state index in [0.717, 1.165) is 44.1 Å². The summed E-state index contributed by atoms with van der Waals surface area (Å²) >= 11 is 0. The maximum Gasteiger partial charge on any atom is 0.155 e. The summed E-state index contributed by atoms with van der Waals surface area (Å²) in [4.78, 5) is 11.9. The average molecular weight is 318 g/mol. The maximum atomic E-state index is 11.9. The highest BCUT2D eigenvalue weighted by atomic mass is 16.3. The Morgan fingerprint density at radius 3 is 2.52 bits per heavy atom. The Bertz CT molecular complexity index is 577. The van der Waals surface area contributed by atoms with Gasteiger partial charge in [-0.3, -0.25) is 4.79 Å². The van der Waals surface area contributed by atoms with Gasteiger partial charge in [0, 0.05) is 6.42 Å². The molecular weight excluding hydrogens is 288 g/mol. The van der Waals surface area contributed by atoms with Gasteiger partial charge in [0.25, 0.3) is 0 Å². The number of hydrogen-bond donors (Lipinski definition) is 2. The molecule has 0 heterocycles. The first kappa shape index (κ1) is 15.8. The van der Waals surface area contributed by atoms with E-state index in [-0.39, 0.29) is 16.6 Å². The first-order chi connectivity index (χ1) is 10.7. The minimum atomic E-state index is -0.576. The van der Waals surface area contributed by atoms with Gasteiger partial charge >= 0.3 is 0 Å². The van der Waals surface area contributed by atoms with Crippen molar-refractivity contribution in [2.45, 2.75) is 77.4 Å². The Balaban J connectivity index is 1.74. The van der Waals surface area contributed by atoms with Gasteiger partial charge < -0.3 is 10.2 Å². The van der Waals surface area contributed by atoms with Crippen LogP contribution in [-0.2, 0) is 4.79 Å². The number of rotatable bonds is 0. The molecule has 0 aliphatic heterocycles. The molecule has 2 N–H and O–H groups in total. The van der Waals surface area contributed by atoms with Crippen molar-refractivity contribution in [2.24, 2.45) is 28.6 Å². The summed E-state index contributed by atoms with van der Waals surface area (Å²) in [7, 11) is 0. The fraction of sp³-hybridized carbons (Fsp3) is 0.850. The first-order valence-electron chi connectivity index (χ1n) is 9.34. The van der Waals surface area contributed by atoms with Crippen LogP contribution in [0.5, 0.6) is 0 Å². The number of carbonyl (C=O) groups excluding carboxylic acids is 1. The van der Waals surface area contributed by atoms with Crippen LogP contribution in [0.15, 0.2) is 11.6 Å². The lowest BCUT2D eigenvalue weighted by Crippen LogP contribution is -2.56. The van der Waals surface area contributed by atoms with Crippen molar-refractivity contribution >= 4 is 5.78 Å². The topological polar surface area (TPSA) is 57.5 Å². The molecular formula is C20H30O3. The zero-order chi connectivity index (χ0) is 16.6. The Morgan fingerprint density at radius 1 is 1.09 bits per heavy atom. The van der Waals surface area contributed by atoms with E-state index in [9.17, 15) is 15.0 Å². The molecule has 0 aromatic carbocycles. The molecule has 0 aromatic rings. The molecule has 7 atom stereocenters. The van der Waals surface area contributed by atoms with Crippen molar-refractivity contribution in [1.82, 2.24) is 0 Å². The SMILES string of the molecule is C[C@]12CCC(=O)C=C1[C@@H](O)C[C@@H]1[C@@H]2CC[C@@]2(C)[C@H]1CC[C@]2(C)O. The summed E-state index contributed by atoms with van der Waals surface area (Å²) in [6.45, 7) is 6.56. The summed E-state index contributed by atoms with van der Waals surface area (Å²) in [5.41, 5.74) is 0.387. The van der Waals surface area contributed by atoms with Crippen molar-refractivity contribution < 1.29 is 15.0 Å². The van der Waals surface area contributed by atoms with Crippen LogP contribution in [-0.4, -0.2) is 27.7 Å². The van der Waals surface area contributed by atoms with Gasteiger partial charge in [-0.15, -0.1) is 0 Å². The van der Waals surface area contributed by atoms with E-state index in [1.54, 1.807) is 6.08 Å². The number of carbonyl (C=O) groups is 1. The van der Waals surface area contributed by atoms with Crippen LogP contribution in [0.25, 0.3) is 0 Å². The summed E-state index contributed by atoms with van der Waals surface area (Å²) < 4.78 is 0. The minimum absolute atomic E-state index is 0.0179.